The molecule has 1 aromatic rings. The maximum Gasteiger partial charge on any atom is 0.162 e. The Hall–Kier alpha value is -1.66. The minimum atomic E-state index is 0.260. The number of rotatable bonds is 6. The van der Waals surface area contributed by atoms with Crippen molar-refractivity contribution in [2.24, 2.45) is 0 Å². The van der Waals surface area contributed by atoms with Crippen LogP contribution in [0.1, 0.15) is 31.2 Å². The van der Waals surface area contributed by atoms with Gasteiger partial charge in [0.25, 0.3) is 0 Å². The van der Waals surface area contributed by atoms with Crippen molar-refractivity contribution in [3.05, 3.63) is 23.8 Å². The molecule has 19 heavy (non-hydrogen) atoms. The third-order valence-corrected chi connectivity index (χ3v) is 3.49. The summed E-state index contributed by atoms with van der Waals surface area (Å²) in [5.74, 6) is 3.89. The highest BCUT2D eigenvalue weighted by molar-refractivity contribution is 5.43. The van der Waals surface area contributed by atoms with E-state index in [1.165, 1.54) is 31.2 Å². The monoisotopic (exact) mass is 259 g/mol. The van der Waals surface area contributed by atoms with E-state index in [4.69, 9.17) is 15.9 Å². The number of methoxy groups -OCH3 is 1. The van der Waals surface area contributed by atoms with Gasteiger partial charge in [0.05, 0.1) is 7.11 Å². The standard InChI is InChI=1S/C16H21NO2/c1-3-10-19-15-9-8-13(11-16(15)18-2)12-17-14-6-4-5-7-14/h1,8-9,11,14,17H,4-7,10,12H2,2H3. The lowest BCUT2D eigenvalue weighted by Gasteiger charge is -2.14. The Morgan fingerprint density at radius 1 is 1.32 bits per heavy atom. The number of hydrogen-bond acceptors (Lipinski definition) is 3. The van der Waals surface area contributed by atoms with Gasteiger partial charge in [-0.25, -0.2) is 0 Å². The van der Waals surface area contributed by atoms with Crippen molar-refractivity contribution in [2.45, 2.75) is 38.3 Å². The van der Waals surface area contributed by atoms with Gasteiger partial charge in [-0.05, 0) is 30.5 Å². The fourth-order valence-electron chi connectivity index (χ4n) is 2.45. The molecule has 0 radical (unpaired) electrons. The van der Waals surface area contributed by atoms with Crippen molar-refractivity contribution < 1.29 is 9.47 Å². The van der Waals surface area contributed by atoms with E-state index < -0.39 is 0 Å². The number of hydrogen-bond donors (Lipinski definition) is 1. The quantitative estimate of drug-likeness (QED) is 0.797. The molecule has 0 unspecified atom stereocenters. The Labute approximate surface area is 115 Å². The highest BCUT2D eigenvalue weighted by atomic mass is 16.5. The van der Waals surface area contributed by atoms with Crippen molar-refractivity contribution in [1.29, 1.82) is 0 Å². The van der Waals surface area contributed by atoms with Gasteiger partial charge in [0, 0.05) is 12.6 Å². The largest absolute Gasteiger partial charge is 0.493 e. The zero-order valence-corrected chi connectivity index (χ0v) is 11.4. The molecule has 1 saturated carbocycles. The van der Waals surface area contributed by atoms with Gasteiger partial charge >= 0.3 is 0 Å². The van der Waals surface area contributed by atoms with E-state index in [9.17, 15) is 0 Å². The maximum absolute atomic E-state index is 5.43. The van der Waals surface area contributed by atoms with E-state index in [1.807, 2.05) is 12.1 Å². The number of terminal acetylenes is 1. The van der Waals surface area contributed by atoms with Gasteiger partial charge in [0.1, 0.15) is 6.61 Å². The minimum Gasteiger partial charge on any atom is -0.493 e. The topological polar surface area (TPSA) is 30.5 Å². The Kier molecular flexibility index (Phi) is 5.11. The molecule has 1 aliphatic rings. The van der Waals surface area contributed by atoms with Crippen LogP contribution in [0.15, 0.2) is 18.2 Å². The third kappa shape index (κ3) is 3.90. The van der Waals surface area contributed by atoms with Crippen molar-refractivity contribution in [1.82, 2.24) is 5.32 Å². The van der Waals surface area contributed by atoms with Crippen LogP contribution in [0.25, 0.3) is 0 Å². The molecule has 1 aliphatic carbocycles. The smallest absolute Gasteiger partial charge is 0.162 e. The molecule has 0 aliphatic heterocycles. The van der Waals surface area contributed by atoms with E-state index in [-0.39, 0.29) is 6.61 Å². The van der Waals surface area contributed by atoms with Crippen molar-refractivity contribution >= 4 is 0 Å². The van der Waals surface area contributed by atoms with E-state index in [0.717, 1.165) is 12.3 Å². The molecule has 0 atom stereocenters. The molecule has 0 amide bonds. The molecule has 0 spiro atoms. The molecule has 3 nitrogen and oxygen atoms in total. The first kappa shape index (κ1) is 13.8. The van der Waals surface area contributed by atoms with Crippen LogP contribution >= 0.6 is 0 Å². The number of nitrogens with one attached hydrogen (secondary N) is 1. The molecule has 1 N–H and O–H groups in total. The van der Waals surface area contributed by atoms with Crippen LogP contribution in [0.2, 0.25) is 0 Å². The predicted octanol–water partition coefficient (Wildman–Crippen LogP) is 2.74. The second kappa shape index (κ2) is 7.06. The normalized spacial score (nSPS) is 15.2. The van der Waals surface area contributed by atoms with Gasteiger partial charge < -0.3 is 14.8 Å². The van der Waals surface area contributed by atoms with Crippen LogP contribution in [0.5, 0.6) is 11.5 Å². The van der Waals surface area contributed by atoms with Crippen LogP contribution < -0.4 is 14.8 Å². The molecule has 2 rings (SSSR count). The van der Waals surface area contributed by atoms with Crippen LogP contribution in [-0.2, 0) is 6.54 Å². The molecule has 0 bridgehead atoms. The highest BCUT2D eigenvalue weighted by Gasteiger charge is 2.14. The second-order valence-corrected chi connectivity index (χ2v) is 4.84. The Morgan fingerprint density at radius 2 is 2.11 bits per heavy atom. The van der Waals surface area contributed by atoms with Crippen LogP contribution in [-0.4, -0.2) is 19.8 Å². The SMILES string of the molecule is C#CCOc1ccc(CNC2CCCC2)cc1OC. The Balaban J connectivity index is 1.95. The summed E-state index contributed by atoms with van der Waals surface area (Å²) in [5, 5.41) is 3.58. The maximum atomic E-state index is 5.43. The van der Waals surface area contributed by atoms with Crippen LogP contribution in [0.4, 0.5) is 0 Å². The highest BCUT2D eigenvalue weighted by Crippen LogP contribution is 2.28. The predicted molar refractivity (Wildman–Crippen MR) is 76.4 cm³/mol. The van der Waals surface area contributed by atoms with E-state index >= 15 is 0 Å². The summed E-state index contributed by atoms with van der Waals surface area (Å²) < 4.78 is 10.8. The van der Waals surface area contributed by atoms with Gasteiger partial charge in [-0.1, -0.05) is 24.8 Å². The summed E-state index contributed by atoms with van der Waals surface area (Å²) in [7, 11) is 1.65. The molecule has 0 heterocycles. The molecular formula is C16H21NO2. The lowest BCUT2D eigenvalue weighted by molar-refractivity contribution is 0.330. The summed E-state index contributed by atoms with van der Waals surface area (Å²) in [5.41, 5.74) is 1.21. The first-order valence-corrected chi connectivity index (χ1v) is 6.80. The first-order valence-electron chi connectivity index (χ1n) is 6.80. The van der Waals surface area contributed by atoms with Crippen LogP contribution in [0, 0.1) is 12.3 Å². The summed E-state index contributed by atoms with van der Waals surface area (Å²) in [4.78, 5) is 0. The van der Waals surface area contributed by atoms with Crippen molar-refractivity contribution in [2.75, 3.05) is 13.7 Å². The lowest BCUT2D eigenvalue weighted by Crippen LogP contribution is -2.25. The van der Waals surface area contributed by atoms with Crippen molar-refractivity contribution in [3.63, 3.8) is 0 Å². The zero-order valence-electron chi connectivity index (χ0n) is 11.4. The lowest BCUT2D eigenvalue weighted by atomic mass is 10.1. The van der Waals surface area contributed by atoms with Gasteiger partial charge in [-0.2, -0.15) is 0 Å². The molecule has 3 heteroatoms. The van der Waals surface area contributed by atoms with E-state index in [0.29, 0.717) is 11.8 Å². The summed E-state index contributed by atoms with van der Waals surface area (Å²) in [6.45, 7) is 1.13. The number of ether oxygens (including phenoxy) is 2. The fourth-order valence-corrected chi connectivity index (χ4v) is 2.45. The summed E-state index contributed by atoms with van der Waals surface area (Å²) in [6.07, 6.45) is 10.5. The molecule has 0 aromatic heterocycles. The van der Waals surface area contributed by atoms with Gasteiger partial charge in [0.15, 0.2) is 11.5 Å². The second-order valence-electron chi connectivity index (χ2n) is 4.84. The average molecular weight is 259 g/mol. The molecular weight excluding hydrogens is 238 g/mol. The van der Waals surface area contributed by atoms with Gasteiger partial charge in [-0.3, -0.25) is 0 Å². The summed E-state index contributed by atoms with van der Waals surface area (Å²) in [6, 6.07) is 6.65. The fraction of sp³-hybridized carbons (Fsp3) is 0.500. The Bertz CT molecular complexity index is 445. The van der Waals surface area contributed by atoms with E-state index in [2.05, 4.69) is 17.3 Å². The zero-order chi connectivity index (χ0) is 13.5. The van der Waals surface area contributed by atoms with Crippen molar-refractivity contribution in [3.8, 4) is 23.8 Å². The Morgan fingerprint density at radius 3 is 2.79 bits per heavy atom. The molecule has 1 aromatic carbocycles. The molecule has 0 saturated heterocycles. The van der Waals surface area contributed by atoms with Gasteiger partial charge in [-0.15, -0.1) is 6.42 Å². The van der Waals surface area contributed by atoms with Gasteiger partial charge in [0.2, 0.25) is 0 Å². The third-order valence-electron chi connectivity index (χ3n) is 3.49. The van der Waals surface area contributed by atoms with Crippen LogP contribution in [0.3, 0.4) is 0 Å². The molecule has 102 valence electrons. The minimum absolute atomic E-state index is 0.260. The molecule has 1 fully saturated rings. The number of benzene rings is 1. The first-order chi connectivity index (χ1) is 9.33. The van der Waals surface area contributed by atoms with E-state index in [1.54, 1.807) is 7.11 Å². The summed E-state index contributed by atoms with van der Waals surface area (Å²) >= 11 is 0. The average Bonchev–Trinajstić information content (AvgIpc) is 2.96.